The molecule has 0 saturated heterocycles. The van der Waals surface area contributed by atoms with E-state index in [1.54, 1.807) is 0 Å². The fourth-order valence-corrected chi connectivity index (χ4v) is 12.3. The number of hydrogen-bond donors (Lipinski definition) is 0. The predicted molar refractivity (Wildman–Crippen MR) is 296 cm³/mol. The summed E-state index contributed by atoms with van der Waals surface area (Å²) in [6.07, 6.45) is 0. The van der Waals surface area contributed by atoms with Gasteiger partial charge in [-0.1, -0.05) is 211 Å². The fourth-order valence-electron chi connectivity index (χ4n) is 12.3. The smallest absolute Gasteiger partial charge is 0.0465 e. The first-order chi connectivity index (χ1) is 33.9. The maximum Gasteiger partial charge on any atom is 0.0465 e. The minimum atomic E-state index is -0.220. The molecular weight excluding hydrogens is 843 g/mol. The molecule has 0 atom stereocenters. The maximum absolute atomic E-state index is 2.53. The Morgan fingerprint density at radius 2 is 0.429 bits per heavy atom. The molecule has 0 radical (unpaired) electrons. The lowest BCUT2D eigenvalue weighted by atomic mass is 9.81. The molecular formula is C69H55N. The average Bonchev–Trinajstić information content (AvgIpc) is 3.87. The van der Waals surface area contributed by atoms with Crippen molar-refractivity contribution in [2.45, 2.75) is 57.8 Å². The lowest BCUT2D eigenvalue weighted by molar-refractivity contribution is 0.659. The molecule has 0 heterocycles. The van der Waals surface area contributed by atoms with E-state index in [4.69, 9.17) is 0 Å². The van der Waals surface area contributed by atoms with Gasteiger partial charge in [-0.15, -0.1) is 0 Å². The fraction of sp³-hybridized carbons (Fsp3) is 0.130. The number of fused-ring (bicyclic) bond motifs is 9. The number of benzene rings is 10. The van der Waals surface area contributed by atoms with Gasteiger partial charge >= 0.3 is 0 Å². The number of anilines is 3. The molecule has 10 aromatic carbocycles. The summed E-state index contributed by atoms with van der Waals surface area (Å²) in [6.45, 7) is 14.4. The van der Waals surface area contributed by atoms with Gasteiger partial charge in [-0.3, -0.25) is 0 Å². The molecule has 13 rings (SSSR count). The Kier molecular flexibility index (Phi) is 9.33. The maximum atomic E-state index is 2.53. The summed E-state index contributed by atoms with van der Waals surface area (Å²) in [7, 11) is 0. The Morgan fingerprint density at radius 1 is 0.214 bits per heavy atom. The van der Waals surface area contributed by atoms with Crippen LogP contribution >= 0.6 is 0 Å². The van der Waals surface area contributed by atoms with Gasteiger partial charge in [0.1, 0.15) is 0 Å². The van der Waals surface area contributed by atoms with Crippen LogP contribution in [-0.2, 0) is 16.2 Å². The van der Waals surface area contributed by atoms with E-state index < -0.39 is 0 Å². The molecule has 0 bridgehead atoms. The summed E-state index contributed by atoms with van der Waals surface area (Å²) < 4.78 is 0. The van der Waals surface area contributed by atoms with Crippen molar-refractivity contribution < 1.29 is 0 Å². The lowest BCUT2D eigenvalue weighted by Crippen LogP contribution is -2.19. The Labute approximate surface area is 413 Å². The van der Waals surface area contributed by atoms with Gasteiger partial charge in [0.05, 0.1) is 0 Å². The number of nitrogens with zero attached hydrogens (tertiary/aromatic N) is 1. The zero-order valence-corrected chi connectivity index (χ0v) is 40.8. The Balaban J connectivity index is 0.922. The molecule has 1 heteroatoms. The lowest BCUT2D eigenvalue weighted by Gasteiger charge is -2.31. The molecule has 0 N–H and O–H groups in total. The van der Waals surface area contributed by atoms with Crippen LogP contribution in [0.25, 0.3) is 77.9 Å². The normalized spacial score (nSPS) is 14.8. The Morgan fingerprint density at radius 3 is 0.729 bits per heavy atom. The Hall–Kier alpha value is -8.00. The molecule has 0 fully saturated rings. The van der Waals surface area contributed by atoms with E-state index in [-0.39, 0.29) is 16.2 Å². The van der Waals surface area contributed by atoms with Crippen LogP contribution in [0.15, 0.2) is 224 Å². The summed E-state index contributed by atoms with van der Waals surface area (Å²) in [5.74, 6) is 0. The topological polar surface area (TPSA) is 3.24 Å². The van der Waals surface area contributed by atoms with Crippen molar-refractivity contribution in [3.8, 4) is 77.9 Å². The van der Waals surface area contributed by atoms with Crippen molar-refractivity contribution in [2.24, 2.45) is 0 Å². The molecule has 70 heavy (non-hydrogen) atoms. The molecule has 0 amide bonds. The van der Waals surface area contributed by atoms with Gasteiger partial charge in [0.25, 0.3) is 0 Å². The average molecular weight is 898 g/mol. The molecule has 10 aromatic rings. The quantitative estimate of drug-likeness (QED) is 0.154. The third-order valence-electron chi connectivity index (χ3n) is 16.3. The third kappa shape index (κ3) is 6.45. The van der Waals surface area contributed by atoms with Gasteiger partial charge in [0.2, 0.25) is 0 Å². The SMILES string of the molecule is CC1(C)c2cc(-c3ccccc3)ccc2-c2ccc(N(c3ccc4c(c3)C(C)(C)c3cc(-c5ccccc5)ccc3-4)c3ccc4c(c3)C(C)(C)c3cc(-c5ccc(-c6ccccc6)cc5)ccc3-4)cc21. The summed E-state index contributed by atoms with van der Waals surface area (Å²) in [5.41, 5.74) is 29.0. The molecule has 3 aliphatic rings. The van der Waals surface area contributed by atoms with Gasteiger partial charge in [0.15, 0.2) is 0 Å². The van der Waals surface area contributed by atoms with Crippen LogP contribution in [0.5, 0.6) is 0 Å². The molecule has 0 saturated carbocycles. The molecule has 1 nitrogen and oxygen atoms in total. The zero-order chi connectivity index (χ0) is 47.5. The van der Waals surface area contributed by atoms with Crippen LogP contribution in [0, 0.1) is 0 Å². The minimum absolute atomic E-state index is 0.198. The third-order valence-corrected chi connectivity index (χ3v) is 16.3. The summed E-state index contributed by atoms with van der Waals surface area (Å²) >= 11 is 0. The zero-order valence-electron chi connectivity index (χ0n) is 40.8. The van der Waals surface area contributed by atoms with Crippen molar-refractivity contribution in [1.29, 1.82) is 0 Å². The monoisotopic (exact) mass is 897 g/mol. The van der Waals surface area contributed by atoms with Crippen molar-refractivity contribution in [3.05, 3.63) is 258 Å². The van der Waals surface area contributed by atoms with E-state index in [0.717, 1.165) is 17.1 Å². The van der Waals surface area contributed by atoms with E-state index in [9.17, 15) is 0 Å². The van der Waals surface area contributed by atoms with Crippen molar-refractivity contribution in [2.75, 3.05) is 4.90 Å². The highest BCUT2D eigenvalue weighted by Crippen LogP contribution is 2.56. The highest BCUT2D eigenvalue weighted by atomic mass is 15.1. The van der Waals surface area contributed by atoms with Crippen LogP contribution in [0.2, 0.25) is 0 Å². The molecule has 0 aliphatic heterocycles. The summed E-state index contributed by atoms with van der Waals surface area (Å²) in [5, 5.41) is 0. The first-order valence-electron chi connectivity index (χ1n) is 24.9. The van der Waals surface area contributed by atoms with Gasteiger partial charge in [-0.2, -0.15) is 0 Å². The predicted octanol–water partition coefficient (Wildman–Crippen LogP) is 18.7. The van der Waals surface area contributed by atoms with Crippen LogP contribution in [0.3, 0.4) is 0 Å². The minimum Gasteiger partial charge on any atom is -0.310 e. The highest BCUT2D eigenvalue weighted by molar-refractivity contribution is 5.92. The number of hydrogen-bond acceptors (Lipinski definition) is 1. The van der Waals surface area contributed by atoms with E-state index >= 15 is 0 Å². The second kappa shape index (κ2) is 15.5. The molecule has 0 aromatic heterocycles. The van der Waals surface area contributed by atoms with Gasteiger partial charge < -0.3 is 4.90 Å². The second-order valence-corrected chi connectivity index (χ2v) is 21.4. The molecule has 336 valence electrons. The van der Waals surface area contributed by atoms with Gasteiger partial charge in [-0.25, -0.2) is 0 Å². The van der Waals surface area contributed by atoms with Gasteiger partial charge in [-0.05, 0) is 166 Å². The van der Waals surface area contributed by atoms with E-state index in [1.165, 1.54) is 111 Å². The van der Waals surface area contributed by atoms with Crippen molar-refractivity contribution in [1.82, 2.24) is 0 Å². The Bertz CT molecular complexity index is 3550. The number of rotatable bonds is 7. The second-order valence-electron chi connectivity index (χ2n) is 21.4. The van der Waals surface area contributed by atoms with E-state index in [1.807, 2.05) is 0 Å². The first-order valence-corrected chi connectivity index (χ1v) is 24.9. The first kappa shape index (κ1) is 42.1. The van der Waals surface area contributed by atoms with E-state index in [2.05, 4.69) is 271 Å². The van der Waals surface area contributed by atoms with E-state index in [0.29, 0.717) is 0 Å². The summed E-state index contributed by atoms with van der Waals surface area (Å²) in [4.78, 5) is 2.53. The van der Waals surface area contributed by atoms with Crippen LogP contribution in [0.4, 0.5) is 17.1 Å². The molecule has 3 aliphatic carbocycles. The summed E-state index contributed by atoms with van der Waals surface area (Å²) in [6, 6.07) is 84.2. The highest BCUT2D eigenvalue weighted by Gasteiger charge is 2.40. The van der Waals surface area contributed by atoms with Crippen LogP contribution in [0.1, 0.15) is 74.9 Å². The van der Waals surface area contributed by atoms with Crippen molar-refractivity contribution in [3.63, 3.8) is 0 Å². The molecule has 0 spiro atoms. The standard InChI is InChI=1S/C69H55N/c1-67(2)61-38-49(45-18-12-8-13-19-45)26-32-55(61)58-35-29-52(41-64(58)67)70(53-30-36-59-56-33-27-50(46-20-14-9-15-21-46)39-62(56)68(3,4)65(59)42-53)54-31-37-60-57-34-28-51(40-63(57)69(5,6)66(60)43-54)48-24-22-47(23-25-48)44-16-10-7-11-17-44/h7-43H,1-6H3. The van der Waals surface area contributed by atoms with Crippen LogP contribution < -0.4 is 4.90 Å². The van der Waals surface area contributed by atoms with Gasteiger partial charge in [0, 0.05) is 33.3 Å². The van der Waals surface area contributed by atoms with Crippen LogP contribution in [-0.4, -0.2) is 0 Å². The molecule has 0 unspecified atom stereocenters. The largest absolute Gasteiger partial charge is 0.310 e. The van der Waals surface area contributed by atoms with Crippen molar-refractivity contribution >= 4 is 17.1 Å².